The van der Waals surface area contributed by atoms with Crippen molar-refractivity contribution < 1.29 is 4.79 Å². The number of piperazine rings is 1. The predicted molar refractivity (Wildman–Crippen MR) is 106 cm³/mol. The van der Waals surface area contributed by atoms with Crippen LogP contribution in [0.1, 0.15) is 18.9 Å². The van der Waals surface area contributed by atoms with Crippen LogP contribution in [-0.2, 0) is 11.2 Å². The van der Waals surface area contributed by atoms with Crippen molar-refractivity contribution in [3.63, 3.8) is 0 Å². The van der Waals surface area contributed by atoms with Crippen molar-refractivity contribution in [1.29, 1.82) is 0 Å². The molecule has 140 valence electrons. The average Bonchev–Trinajstić information content (AvgIpc) is 3.07. The lowest BCUT2D eigenvalue weighted by molar-refractivity contribution is -0.134. The van der Waals surface area contributed by atoms with E-state index >= 15 is 0 Å². The van der Waals surface area contributed by atoms with Crippen LogP contribution in [0.4, 0.5) is 0 Å². The smallest absolute Gasteiger partial charge is 0.225 e. The van der Waals surface area contributed by atoms with Gasteiger partial charge in [-0.05, 0) is 30.5 Å². The number of carbonyl (C=O) groups is 1. The maximum atomic E-state index is 12.8. The Morgan fingerprint density at radius 1 is 1.28 bits per heavy atom. The number of hydrogen-bond donors (Lipinski definition) is 1. The Hall–Kier alpha value is -0.520. The summed E-state index contributed by atoms with van der Waals surface area (Å²) < 4.78 is 0. The molecule has 0 bridgehead atoms. The molecule has 4 nitrogen and oxygen atoms in total. The number of carbonyl (C=O) groups excluding carboxylic acids is 1. The van der Waals surface area contributed by atoms with E-state index in [1.807, 2.05) is 24.0 Å². The van der Waals surface area contributed by atoms with Crippen LogP contribution in [0.3, 0.4) is 0 Å². The first kappa shape index (κ1) is 20.8. The van der Waals surface area contributed by atoms with Crippen molar-refractivity contribution in [3.8, 4) is 0 Å². The summed E-state index contributed by atoms with van der Waals surface area (Å²) in [6, 6.07) is 6.01. The predicted octanol–water partition coefficient (Wildman–Crippen LogP) is 3.10. The molecule has 1 aromatic carbocycles. The van der Waals surface area contributed by atoms with E-state index in [9.17, 15) is 4.79 Å². The molecular weight excluding hydrogens is 381 g/mol. The molecule has 2 saturated heterocycles. The number of likely N-dealkylation sites (tertiary alicyclic amines) is 1. The van der Waals surface area contributed by atoms with E-state index in [4.69, 9.17) is 23.2 Å². The fraction of sp³-hybridized carbons (Fsp3) is 0.611. The van der Waals surface area contributed by atoms with E-state index in [-0.39, 0.29) is 24.2 Å². The van der Waals surface area contributed by atoms with Gasteiger partial charge in [-0.25, -0.2) is 0 Å². The summed E-state index contributed by atoms with van der Waals surface area (Å²) in [7, 11) is 0. The SMILES string of the molecule is CC(Cc1ccc(Cl)cc1Cl)C(=O)N1CCC(N2CCNCC2)C1.Cl. The molecule has 2 unspecified atom stereocenters. The van der Waals surface area contributed by atoms with Crippen LogP contribution in [-0.4, -0.2) is 61.0 Å². The minimum Gasteiger partial charge on any atom is -0.341 e. The van der Waals surface area contributed by atoms with Gasteiger partial charge in [-0.1, -0.05) is 36.2 Å². The molecule has 1 amide bonds. The van der Waals surface area contributed by atoms with E-state index in [1.54, 1.807) is 6.07 Å². The number of benzene rings is 1. The molecule has 2 heterocycles. The van der Waals surface area contributed by atoms with Crippen molar-refractivity contribution in [3.05, 3.63) is 33.8 Å². The number of hydrogen-bond acceptors (Lipinski definition) is 3. The Balaban J connectivity index is 0.00000225. The zero-order chi connectivity index (χ0) is 17.1. The number of nitrogens with zero attached hydrogens (tertiary/aromatic N) is 2. The molecule has 0 aromatic heterocycles. The lowest BCUT2D eigenvalue weighted by Crippen LogP contribution is -2.49. The Morgan fingerprint density at radius 2 is 2.00 bits per heavy atom. The first-order valence-electron chi connectivity index (χ1n) is 8.72. The lowest BCUT2D eigenvalue weighted by atomic mass is 10.00. The van der Waals surface area contributed by atoms with E-state index in [2.05, 4.69) is 10.2 Å². The van der Waals surface area contributed by atoms with Crippen LogP contribution in [0.15, 0.2) is 18.2 Å². The van der Waals surface area contributed by atoms with Gasteiger partial charge in [0.05, 0.1) is 0 Å². The van der Waals surface area contributed by atoms with Gasteiger partial charge in [0.25, 0.3) is 0 Å². The molecule has 0 aliphatic carbocycles. The van der Waals surface area contributed by atoms with Crippen LogP contribution in [0.2, 0.25) is 10.0 Å². The standard InChI is InChI=1S/C18H25Cl2N3O.ClH/c1-13(10-14-2-3-15(19)11-17(14)20)18(24)23-7-4-16(12-23)22-8-5-21-6-9-22;/h2-3,11,13,16,21H,4-10,12H2,1H3;1H. The summed E-state index contributed by atoms with van der Waals surface area (Å²) in [5.41, 5.74) is 0.986. The van der Waals surface area contributed by atoms with Gasteiger partial charge in [-0.2, -0.15) is 0 Å². The molecule has 2 aliphatic rings. The zero-order valence-electron chi connectivity index (χ0n) is 14.5. The molecule has 0 radical (unpaired) electrons. The van der Waals surface area contributed by atoms with Gasteiger partial charge >= 0.3 is 0 Å². The first-order chi connectivity index (χ1) is 11.5. The number of halogens is 3. The van der Waals surface area contributed by atoms with Crippen molar-refractivity contribution >= 4 is 41.5 Å². The van der Waals surface area contributed by atoms with Crippen LogP contribution >= 0.6 is 35.6 Å². The van der Waals surface area contributed by atoms with Crippen molar-refractivity contribution in [1.82, 2.24) is 15.1 Å². The third-order valence-corrected chi connectivity index (χ3v) is 5.69. The summed E-state index contributed by atoms with van der Waals surface area (Å²) in [6.45, 7) is 7.99. The van der Waals surface area contributed by atoms with Gasteiger partial charge in [0.1, 0.15) is 0 Å². The topological polar surface area (TPSA) is 35.6 Å². The average molecular weight is 407 g/mol. The Bertz CT molecular complexity index is 593. The van der Waals surface area contributed by atoms with E-state index < -0.39 is 0 Å². The highest BCUT2D eigenvalue weighted by Gasteiger charge is 2.32. The molecule has 1 aromatic rings. The molecule has 0 saturated carbocycles. The van der Waals surface area contributed by atoms with Gasteiger partial charge in [-0.15, -0.1) is 12.4 Å². The third kappa shape index (κ3) is 5.24. The first-order valence-corrected chi connectivity index (χ1v) is 9.47. The molecular formula is C18H26Cl3N3O. The fourth-order valence-electron chi connectivity index (χ4n) is 3.70. The van der Waals surface area contributed by atoms with E-state index in [0.717, 1.165) is 51.3 Å². The molecule has 25 heavy (non-hydrogen) atoms. The second kappa shape index (κ2) is 9.43. The van der Waals surface area contributed by atoms with Gasteiger partial charge in [0.2, 0.25) is 5.91 Å². The van der Waals surface area contributed by atoms with Crippen molar-refractivity contribution in [2.24, 2.45) is 5.92 Å². The van der Waals surface area contributed by atoms with Crippen LogP contribution in [0.5, 0.6) is 0 Å². The highest BCUT2D eigenvalue weighted by Crippen LogP contribution is 2.25. The van der Waals surface area contributed by atoms with Gasteiger partial charge in [0, 0.05) is 61.3 Å². The molecule has 0 spiro atoms. The third-order valence-electron chi connectivity index (χ3n) is 5.11. The maximum Gasteiger partial charge on any atom is 0.225 e. The zero-order valence-corrected chi connectivity index (χ0v) is 16.8. The molecule has 2 aliphatic heterocycles. The minimum atomic E-state index is -0.0644. The van der Waals surface area contributed by atoms with Gasteiger partial charge in [0.15, 0.2) is 0 Å². The molecule has 7 heteroatoms. The second-order valence-electron chi connectivity index (χ2n) is 6.85. The van der Waals surface area contributed by atoms with Gasteiger partial charge < -0.3 is 10.2 Å². The minimum absolute atomic E-state index is 0. The Morgan fingerprint density at radius 3 is 2.68 bits per heavy atom. The Labute approximate surface area is 166 Å². The molecule has 2 fully saturated rings. The van der Waals surface area contributed by atoms with Crippen molar-refractivity contribution in [2.45, 2.75) is 25.8 Å². The van der Waals surface area contributed by atoms with Crippen LogP contribution in [0.25, 0.3) is 0 Å². The summed E-state index contributed by atoms with van der Waals surface area (Å²) in [5.74, 6) is 0.170. The summed E-state index contributed by atoms with van der Waals surface area (Å²) in [5, 5.41) is 4.65. The maximum absolute atomic E-state index is 12.8. The molecule has 2 atom stereocenters. The summed E-state index contributed by atoms with van der Waals surface area (Å²) in [4.78, 5) is 17.3. The number of rotatable bonds is 4. The number of nitrogens with one attached hydrogen (secondary N) is 1. The fourth-order valence-corrected chi connectivity index (χ4v) is 4.19. The normalized spacial score (nSPS) is 22.5. The largest absolute Gasteiger partial charge is 0.341 e. The van der Waals surface area contributed by atoms with Crippen molar-refractivity contribution in [2.75, 3.05) is 39.3 Å². The van der Waals surface area contributed by atoms with Crippen LogP contribution in [0, 0.1) is 5.92 Å². The van der Waals surface area contributed by atoms with E-state index in [0.29, 0.717) is 22.5 Å². The lowest BCUT2D eigenvalue weighted by Gasteiger charge is -2.32. The summed E-state index contributed by atoms with van der Waals surface area (Å²) >= 11 is 12.2. The molecule has 3 rings (SSSR count). The monoisotopic (exact) mass is 405 g/mol. The summed E-state index contributed by atoms with van der Waals surface area (Å²) in [6.07, 6.45) is 1.74. The highest BCUT2D eigenvalue weighted by molar-refractivity contribution is 6.35. The second-order valence-corrected chi connectivity index (χ2v) is 7.70. The Kier molecular flexibility index (Phi) is 7.84. The van der Waals surface area contributed by atoms with Crippen LogP contribution < -0.4 is 5.32 Å². The number of amides is 1. The van der Waals surface area contributed by atoms with E-state index in [1.165, 1.54) is 0 Å². The van der Waals surface area contributed by atoms with Gasteiger partial charge in [-0.3, -0.25) is 9.69 Å². The molecule has 1 N–H and O–H groups in total. The quantitative estimate of drug-likeness (QED) is 0.834. The highest BCUT2D eigenvalue weighted by atomic mass is 35.5.